The van der Waals surface area contributed by atoms with E-state index in [4.69, 9.17) is 16.7 Å². The number of hydrogen-bond acceptors (Lipinski definition) is 2. The molecule has 1 rings (SSSR count). The van der Waals surface area contributed by atoms with Gasteiger partial charge in [-0.1, -0.05) is 18.5 Å². The SMILES string of the molecule is CCC(C)N(CC(=O)O)C(=O)Nc1cc(F)ccc1Cl. The molecule has 0 saturated carbocycles. The number of amides is 2. The zero-order valence-electron chi connectivity index (χ0n) is 11.2. The first-order valence-corrected chi connectivity index (χ1v) is 6.47. The van der Waals surface area contributed by atoms with E-state index in [-0.39, 0.29) is 16.8 Å². The highest BCUT2D eigenvalue weighted by molar-refractivity contribution is 6.33. The van der Waals surface area contributed by atoms with Crippen LogP contribution in [0, 0.1) is 5.82 Å². The highest BCUT2D eigenvalue weighted by Gasteiger charge is 2.22. The van der Waals surface area contributed by atoms with E-state index in [1.165, 1.54) is 12.1 Å². The molecule has 5 nitrogen and oxygen atoms in total. The van der Waals surface area contributed by atoms with Crippen LogP contribution in [-0.4, -0.2) is 34.6 Å². The molecule has 0 fully saturated rings. The van der Waals surface area contributed by atoms with Crippen LogP contribution >= 0.6 is 11.6 Å². The maximum atomic E-state index is 13.1. The molecule has 0 radical (unpaired) electrons. The van der Waals surface area contributed by atoms with E-state index in [2.05, 4.69) is 5.32 Å². The van der Waals surface area contributed by atoms with Crippen LogP contribution in [0.5, 0.6) is 0 Å². The third-order valence-corrected chi connectivity index (χ3v) is 3.19. The number of rotatable bonds is 5. The lowest BCUT2D eigenvalue weighted by atomic mass is 10.2. The number of aliphatic carboxylic acids is 1. The fourth-order valence-corrected chi connectivity index (χ4v) is 1.74. The van der Waals surface area contributed by atoms with Crippen molar-refractivity contribution in [2.24, 2.45) is 0 Å². The molecule has 1 unspecified atom stereocenters. The maximum Gasteiger partial charge on any atom is 0.323 e. The molecule has 0 aromatic heterocycles. The zero-order chi connectivity index (χ0) is 15.3. The number of halogens is 2. The molecule has 2 amide bonds. The number of carboxylic acid groups (broad SMARTS) is 1. The first-order valence-electron chi connectivity index (χ1n) is 6.09. The highest BCUT2D eigenvalue weighted by Crippen LogP contribution is 2.23. The van der Waals surface area contributed by atoms with Gasteiger partial charge in [-0.05, 0) is 31.5 Å². The molecular formula is C13H16ClFN2O3. The second-order valence-corrected chi connectivity index (χ2v) is 4.74. The van der Waals surface area contributed by atoms with Gasteiger partial charge in [-0.25, -0.2) is 9.18 Å². The van der Waals surface area contributed by atoms with Crippen LogP contribution in [0.4, 0.5) is 14.9 Å². The minimum absolute atomic E-state index is 0.107. The topological polar surface area (TPSA) is 69.6 Å². The Balaban J connectivity index is 2.90. The Bertz CT molecular complexity index is 510. The Kier molecular flexibility index (Phi) is 5.76. The van der Waals surface area contributed by atoms with Crippen molar-refractivity contribution in [1.29, 1.82) is 0 Å². The summed E-state index contributed by atoms with van der Waals surface area (Å²) >= 11 is 5.85. The monoisotopic (exact) mass is 302 g/mol. The molecule has 0 aliphatic heterocycles. The third-order valence-electron chi connectivity index (χ3n) is 2.86. The molecule has 2 N–H and O–H groups in total. The second-order valence-electron chi connectivity index (χ2n) is 4.33. The van der Waals surface area contributed by atoms with Gasteiger partial charge in [-0.3, -0.25) is 4.79 Å². The van der Waals surface area contributed by atoms with Crippen molar-refractivity contribution in [3.05, 3.63) is 29.0 Å². The van der Waals surface area contributed by atoms with Crippen LogP contribution in [0.25, 0.3) is 0 Å². The summed E-state index contributed by atoms with van der Waals surface area (Å²) in [6.45, 7) is 3.13. The van der Waals surface area contributed by atoms with Crippen molar-refractivity contribution in [1.82, 2.24) is 4.90 Å². The predicted molar refractivity (Wildman–Crippen MR) is 74.5 cm³/mol. The fourth-order valence-electron chi connectivity index (χ4n) is 1.57. The number of nitrogens with zero attached hydrogens (tertiary/aromatic N) is 1. The van der Waals surface area contributed by atoms with Crippen LogP contribution in [0.1, 0.15) is 20.3 Å². The lowest BCUT2D eigenvalue weighted by molar-refractivity contribution is -0.138. The zero-order valence-corrected chi connectivity index (χ0v) is 11.9. The Morgan fingerprint density at radius 3 is 2.70 bits per heavy atom. The minimum atomic E-state index is -1.12. The van der Waals surface area contributed by atoms with Crippen molar-refractivity contribution in [2.75, 3.05) is 11.9 Å². The number of benzene rings is 1. The fraction of sp³-hybridized carbons (Fsp3) is 0.385. The van der Waals surface area contributed by atoms with E-state index in [1.54, 1.807) is 6.92 Å². The average molecular weight is 303 g/mol. The van der Waals surface area contributed by atoms with Crippen molar-refractivity contribution in [2.45, 2.75) is 26.3 Å². The molecule has 0 aliphatic rings. The van der Waals surface area contributed by atoms with Crippen molar-refractivity contribution < 1.29 is 19.1 Å². The van der Waals surface area contributed by atoms with E-state index in [9.17, 15) is 14.0 Å². The molecule has 1 aromatic carbocycles. The number of carbonyl (C=O) groups excluding carboxylic acids is 1. The summed E-state index contributed by atoms with van der Waals surface area (Å²) in [4.78, 5) is 24.0. The van der Waals surface area contributed by atoms with Gasteiger partial charge in [-0.2, -0.15) is 0 Å². The smallest absolute Gasteiger partial charge is 0.323 e. The number of hydrogen-bond donors (Lipinski definition) is 2. The molecule has 110 valence electrons. The molecule has 1 atom stereocenters. The van der Waals surface area contributed by atoms with Gasteiger partial charge in [0, 0.05) is 6.04 Å². The molecular weight excluding hydrogens is 287 g/mol. The summed E-state index contributed by atoms with van der Waals surface area (Å²) in [5.41, 5.74) is 0.107. The third kappa shape index (κ3) is 4.38. The first kappa shape index (κ1) is 16.2. The largest absolute Gasteiger partial charge is 0.480 e. The van der Waals surface area contributed by atoms with Crippen LogP contribution < -0.4 is 5.32 Å². The standard InChI is InChI=1S/C13H16ClFN2O3/c1-3-8(2)17(7-12(18)19)13(20)16-11-6-9(15)4-5-10(11)14/h4-6,8H,3,7H2,1-2H3,(H,16,20)(H,18,19). The van der Waals surface area contributed by atoms with Gasteiger partial charge in [0.1, 0.15) is 12.4 Å². The van der Waals surface area contributed by atoms with Gasteiger partial charge in [0.05, 0.1) is 10.7 Å². The van der Waals surface area contributed by atoms with Gasteiger partial charge in [0.15, 0.2) is 0 Å². The molecule has 0 spiro atoms. The Hall–Kier alpha value is -1.82. The van der Waals surface area contributed by atoms with Gasteiger partial charge >= 0.3 is 12.0 Å². The summed E-state index contributed by atoms with van der Waals surface area (Å²) in [5, 5.41) is 11.4. The number of urea groups is 1. The summed E-state index contributed by atoms with van der Waals surface area (Å²) in [6.07, 6.45) is 0.595. The van der Waals surface area contributed by atoms with Crippen LogP contribution in [0.3, 0.4) is 0 Å². The van der Waals surface area contributed by atoms with Gasteiger partial charge in [0.25, 0.3) is 0 Å². The van der Waals surface area contributed by atoms with Crippen molar-refractivity contribution in [3.63, 3.8) is 0 Å². The Morgan fingerprint density at radius 1 is 1.50 bits per heavy atom. The number of carboxylic acids is 1. The summed E-state index contributed by atoms with van der Waals surface area (Å²) in [5.74, 6) is -1.66. The van der Waals surface area contributed by atoms with E-state index < -0.39 is 24.4 Å². The molecule has 0 saturated heterocycles. The second kappa shape index (κ2) is 7.09. The van der Waals surface area contributed by atoms with Gasteiger partial charge < -0.3 is 15.3 Å². The van der Waals surface area contributed by atoms with E-state index >= 15 is 0 Å². The van der Waals surface area contributed by atoms with E-state index in [0.717, 1.165) is 11.0 Å². The summed E-state index contributed by atoms with van der Waals surface area (Å²) < 4.78 is 13.1. The quantitative estimate of drug-likeness (QED) is 0.877. The van der Waals surface area contributed by atoms with Crippen molar-refractivity contribution in [3.8, 4) is 0 Å². The molecule has 0 heterocycles. The maximum absolute atomic E-state index is 13.1. The molecule has 0 aliphatic carbocycles. The highest BCUT2D eigenvalue weighted by atomic mass is 35.5. The number of nitrogens with one attached hydrogen (secondary N) is 1. The van der Waals surface area contributed by atoms with E-state index in [0.29, 0.717) is 6.42 Å². The predicted octanol–water partition coefficient (Wildman–Crippen LogP) is 3.20. The molecule has 1 aromatic rings. The summed E-state index contributed by atoms with van der Waals surface area (Å²) in [7, 11) is 0. The minimum Gasteiger partial charge on any atom is -0.480 e. The van der Waals surface area contributed by atoms with Crippen LogP contribution in [-0.2, 0) is 4.79 Å². The Labute approximate surface area is 121 Å². The Morgan fingerprint density at radius 2 is 2.15 bits per heavy atom. The van der Waals surface area contributed by atoms with E-state index in [1.807, 2.05) is 6.92 Å². The average Bonchev–Trinajstić information content (AvgIpc) is 2.39. The molecule has 7 heteroatoms. The van der Waals surface area contributed by atoms with Crippen LogP contribution in [0.2, 0.25) is 5.02 Å². The van der Waals surface area contributed by atoms with Crippen LogP contribution in [0.15, 0.2) is 18.2 Å². The summed E-state index contributed by atoms with van der Waals surface area (Å²) in [6, 6.07) is 2.67. The van der Waals surface area contributed by atoms with Gasteiger partial charge in [-0.15, -0.1) is 0 Å². The normalized spacial score (nSPS) is 11.8. The van der Waals surface area contributed by atoms with Gasteiger partial charge in [0.2, 0.25) is 0 Å². The lowest BCUT2D eigenvalue weighted by Crippen LogP contribution is -2.44. The number of carbonyl (C=O) groups is 2. The lowest BCUT2D eigenvalue weighted by Gasteiger charge is -2.27. The first-order chi connectivity index (χ1) is 9.35. The molecule has 20 heavy (non-hydrogen) atoms. The van der Waals surface area contributed by atoms with Crippen molar-refractivity contribution >= 4 is 29.3 Å². The number of anilines is 1. The molecule has 0 bridgehead atoms.